The fourth-order valence-corrected chi connectivity index (χ4v) is 8.34. The molecule has 252 valence electrons. The molecule has 0 aromatic heterocycles. The van der Waals surface area contributed by atoms with E-state index in [0.717, 1.165) is 5.56 Å². The zero-order valence-corrected chi connectivity index (χ0v) is 28.3. The van der Waals surface area contributed by atoms with E-state index in [0.29, 0.717) is 36.0 Å². The minimum Gasteiger partial charge on any atom is -0.462 e. The quantitative estimate of drug-likeness (QED) is 0.233. The Balaban J connectivity index is 1.79. The molecule has 10 nitrogen and oxygen atoms in total. The van der Waals surface area contributed by atoms with Crippen molar-refractivity contribution >= 4 is 23.9 Å². The summed E-state index contributed by atoms with van der Waals surface area (Å²) >= 11 is 0. The molecule has 2 bridgehead atoms. The number of aliphatic hydroxyl groups excluding tert-OH is 1. The fraction of sp³-hybridized carbons (Fsp3) is 0.611. The van der Waals surface area contributed by atoms with E-state index >= 15 is 0 Å². The van der Waals surface area contributed by atoms with Gasteiger partial charge in [-0.3, -0.25) is 19.2 Å². The van der Waals surface area contributed by atoms with Gasteiger partial charge in [0.2, 0.25) is 0 Å². The van der Waals surface area contributed by atoms with Gasteiger partial charge in [-0.1, -0.05) is 57.7 Å². The van der Waals surface area contributed by atoms with E-state index in [1.807, 2.05) is 58.0 Å². The van der Waals surface area contributed by atoms with Crippen LogP contribution < -0.4 is 5.32 Å². The number of rotatable bonds is 8. The number of ether oxygens (including phenoxy) is 4. The average Bonchev–Trinajstić information content (AvgIpc) is 2.97. The first-order chi connectivity index (χ1) is 21.5. The summed E-state index contributed by atoms with van der Waals surface area (Å²) in [6.45, 7) is 16.0. The number of carbonyl (C=O) groups excluding carboxylic acids is 4. The Bertz CT molecular complexity index is 1380. The second-order valence-corrected chi connectivity index (χ2v) is 13.8. The molecule has 46 heavy (non-hydrogen) atoms. The Morgan fingerprint density at radius 2 is 1.57 bits per heavy atom. The molecule has 10 heteroatoms. The molecular weight excluding hydrogens is 590 g/mol. The van der Waals surface area contributed by atoms with Crippen LogP contribution in [0.5, 0.6) is 0 Å². The molecule has 0 spiro atoms. The predicted octanol–water partition coefficient (Wildman–Crippen LogP) is 4.75. The van der Waals surface area contributed by atoms with Crippen molar-refractivity contribution in [2.45, 2.75) is 111 Å². The van der Waals surface area contributed by atoms with Crippen LogP contribution in [0.2, 0.25) is 0 Å². The van der Waals surface area contributed by atoms with Gasteiger partial charge in [0.1, 0.15) is 24.4 Å². The molecule has 9 atom stereocenters. The Morgan fingerprint density at radius 1 is 0.957 bits per heavy atom. The number of benzene rings is 1. The summed E-state index contributed by atoms with van der Waals surface area (Å²) in [5, 5.41) is 15.5. The van der Waals surface area contributed by atoms with Crippen LogP contribution in [-0.2, 0) is 38.1 Å². The first kappa shape index (κ1) is 35.4. The maximum Gasteiger partial charge on any atom is 0.308 e. The van der Waals surface area contributed by atoms with Crippen LogP contribution in [0.15, 0.2) is 53.6 Å². The molecule has 4 rings (SSSR count). The molecule has 1 aromatic rings. The molecule has 3 aliphatic carbocycles. The van der Waals surface area contributed by atoms with Gasteiger partial charge in [-0.2, -0.15) is 0 Å². The van der Waals surface area contributed by atoms with Crippen molar-refractivity contribution in [2.24, 2.45) is 22.7 Å². The molecule has 2 N–H and O–H groups in total. The van der Waals surface area contributed by atoms with Crippen LogP contribution in [0.4, 0.5) is 0 Å². The maximum absolute atomic E-state index is 13.4. The van der Waals surface area contributed by atoms with Gasteiger partial charge in [0.05, 0.1) is 6.42 Å². The van der Waals surface area contributed by atoms with E-state index in [4.69, 9.17) is 18.9 Å². The van der Waals surface area contributed by atoms with Gasteiger partial charge in [-0.05, 0) is 60.9 Å². The molecule has 2 saturated carbocycles. The summed E-state index contributed by atoms with van der Waals surface area (Å²) in [5.41, 5.74) is 1.05. The van der Waals surface area contributed by atoms with E-state index in [9.17, 15) is 24.3 Å². The largest absolute Gasteiger partial charge is 0.462 e. The molecule has 0 saturated heterocycles. The summed E-state index contributed by atoms with van der Waals surface area (Å²) < 4.78 is 23.9. The van der Waals surface area contributed by atoms with E-state index < -0.39 is 77.1 Å². The molecule has 0 aliphatic heterocycles. The van der Waals surface area contributed by atoms with E-state index in [2.05, 4.69) is 11.9 Å². The summed E-state index contributed by atoms with van der Waals surface area (Å²) in [6, 6.07) is 9.36. The first-order valence-corrected chi connectivity index (χ1v) is 16.0. The maximum atomic E-state index is 13.4. The van der Waals surface area contributed by atoms with Gasteiger partial charge < -0.3 is 29.4 Å². The lowest BCUT2D eigenvalue weighted by Gasteiger charge is -2.59. The van der Waals surface area contributed by atoms with Crippen LogP contribution in [0.25, 0.3) is 0 Å². The lowest BCUT2D eigenvalue weighted by atomic mass is 9.49. The molecule has 3 aliphatic rings. The number of esters is 4. The lowest BCUT2D eigenvalue weighted by molar-refractivity contribution is -0.194. The Morgan fingerprint density at radius 3 is 2.13 bits per heavy atom. The zero-order valence-electron chi connectivity index (χ0n) is 28.3. The number of hydrogen-bond acceptors (Lipinski definition) is 10. The SMILES string of the molecule is C=C1C(OC(=O)CC(NC)c2ccccc2)CCC2(C)C(O)C(OC(C)=O)C3=C(C)C(OC(C)=O)CC(C(OC(C)=O)C12)C3(C)C. The van der Waals surface area contributed by atoms with Crippen LogP contribution >= 0.6 is 0 Å². The van der Waals surface area contributed by atoms with Gasteiger partial charge >= 0.3 is 23.9 Å². The predicted molar refractivity (Wildman–Crippen MR) is 170 cm³/mol. The van der Waals surface area contributed by atoms with Crippen LogP contribution in [0.1, 0.15) is 85.8 Å². The molecular formula is C36H49NO9. The molecule has 2 fully saturated rings. The van der Waals surface area contributed by atoms with E-state index in [-0.39, 0.29) is 12.5 Å². The van der Waals surface area contributed by atoms with Crippen molar-refractivity contribution in [2.75, 3.05) is 7.05 Å². The molecule has 9 unspecified atom stereocenters. The van der Waals surface area contributed by atoms with Crippen LogP contribution in [0.3, 0.4) is 0 Å². The highest BCUT2D eigenvalue weighted by molar-refractivity contribution is 5.71. The average molecular weight is 640 g/mol. The Labute approximate surface area is 271 Å². The normalized spacial score (nSPS) is 32.6. The van der Waals surface area contributed by atoms with Gasteiger partial charge in [-0.25, -0.2) is 0 Å². The Hall–Kier alpha value is -3.50. The standard InChI is InChI=1S/C36H49NO9/c1-19-27(46-29(41)18-26(37-9)24-13-11-10-12-14-24)15-16-36(8)31(19)32(44-22(4)39)25-17-28(43-21(3)38)20(2)30(35(25,6)7)33(34(36)42)45-23(5)40/h10-14,25-28,31-34,37,42H,1,15-18H2,2-9H3. The van der Waals surface area contributed by atoms with Crippen molar-refractivity contribution < 1.29 is 43.2 Å². The van der Waals surface area contributed by atoms with Gasteiger partial charge in [-0.15, -0.1) is 0 Å². The lowest BCUT2D eigenvalue weighted by Crippen LogP contribution is -2.63. The van der Waals surface area contributed by atoms with Crippen LogP contribution in [-0.4, -0.2) is 66.6 Å². The van der Waals surface area contributed by atoms with Gasteiger partial charge in [0, 0.05) is 44.1 Å². The highest BCUT2D eigenvalue weighted by atomic mass is 16.6. The van der Waals surface area contributed by atoms with Crippen LogP contribution in [0, 0.1) is 22.7 Å². The van der Waals surface area contributed by atoms with E-state index in [1.165, 1.54) is 20.8 Å². The number of carbonyl (C=O) groups is 4. The number of fused-ring (bicyclic) bond motifs is 3. The molecule has 0 radical (unpaired) electrons. The first-order valence-electron chi connectivity index (χ1n) is 16.0. The Kier molecular flexibility index (Phi) is 10.5. The number of aliphatic hydroxyl groups is 1. The van der Waals surface area contributed by atoms with Crippen molar-refractivity contribution in [1.29, 1.82) is 0 Å². The third kappa shape index (κ3) is 6.79. The molecule has 0 heterocycles. The van der Waals surface area contributed by atoms with Gasteiger partial charge in [0.15, 0.2) is 6.10 Å². The summed E-state index contributed by atoms with van der Waals surface area (Å²) in [7, 11) is 1.79. The van der Waals surface area contributed by atoms with E-state index in [1.54, 1.807) is 7.05 Å². The van der Waals surface area contributed by atoms with Crippen molar-refractivity contribution in [3.63, 3.8) is 0 Å². The summed E-state index contributed by atoms with van der Waals surface area (Å²) in [4.78, 5) is 50.9. The minimum absolute atomic E-state index is 0.0872. The monoisotopic (exact) mass is 639 g/mol. The second kappa shape index (κ2) is 13.7. The second-order valence-electron chi connectivity index (χ2n) is 13.8. The fourth-order valence-electron chi connectivity index (χ4n) is 8.34. The third-order valence-corrected chi connectivity index (χ3v) is 10.5. The van der Waals surface area contributed by atoms with Crippen molar-refractivity contribution in [3.05, 3.63) is 59.2 Å². The number of nitrogens with one attached hydrogen (secondary N) is 1. The molecule has 0 amide bonds. The highest BCUT2D eigenvalue weighted by Gasteiger charge is 2.63. The topological polar surface area (TPSA) is 137 Å². The van der Waals surface area contributed by atoms with Crippen molar-refractivity contribution in [1.82, 2.24) is 5.32 Å². The smallest absolute Gasteiger partial charge is 0.308 e. The summed E-state index contributed by atoms with van der Waals surface area (Å²) in [6.07, 6.45) is -3.39. The van der Waals surface area contributed by atoms with Crippen molar-refractivity contribution in [3.8, 4) is 0 Å². The summed E-state index contributed by atoms with van der Waals surface area (Å²) in [5.74, 6) is -3.11. The molecule has 1 aromatic carbocycles. The zero-order chi connectivity index (χ0) is 34.1. The third-order valence-electron chi connectivity index (χ3n) is 10.5. The number of hydrogen-bond donors (Lipinski definition) is 2. The minimum atomic E-state index is -1.25. The van der Waals surface area contributed by atoms with Gasteiger partial charge in [0.25, 0.3) is 0 Å². The highest BCUT2D eigenvalue weighted by Crippen LogP contribution is 2.60.